The highest BCUT2D eigenvalue weighted by Gasteiger charge is 2.33. The lowest BCUT2D eigenvalue weighted by atomic mass is 9.96. The van der Waals surface area contributed by atoms with Crippen molar-refractivity contribution in [2.75, 3.05) is 26.2 Å². The van der Waals surface area contributed by atoms with Gasteiger partial charge in [-0.1, -0.05) is 19.3 Å². The van der Waals surface area contributed by atoms with Crippen LogP contribution in [-0.4, -0.2) is 60.0 Å². The molecule has 6 heteroatoms. The molecule has 3 amide bonds. The van der Waals surface area contributed by atoms with Gasteiger partial charge in [0.25, 0.3) is 0 Å². The number of carbonyl (C=O) groups is 2. The summed E-state index contributed by atoms with van der Waals surface area (Å²) in [6.07, 6.45) is 8.63. The summed E-state index contributed by atoms with van der Waals surface area (Å²) in [6, 6.07) is 0.578. The number of urea groups is 1. The summed E-state index contributed by atoms with van der Waals surface area (Å²) in [5, 5.41) is 3.16. The van der Waals surface area contributed by atoms with Gasteiger partial charge in [0.15, 0.2) is 0 Å². The maximum atomic E-state index is 12.5. The van der Waals surface area contributed by atoms with Crippen molar-refractivity contribution < 1.29 is 9.59 Å². The van der Waals surface area contributed by atoms with Crippen molar-refractivity contribution in [3.63, 3.8) is 0 Å². The van der Waals surface area contributed by atoms with Crippen LogP contribution in [0.5, 0.6) is 0 Å². The number of rotatable bonds is 2. The number of nitrogens with zero attached hydrogens (tertiary/aromatic N) is 2. The quantitative estimate of drug-likeness (QED) is 0.804. The largest absolute Gasteiger partial charge is 0.339 e. The summed E-state index contributed by atoms with van der Waals surface area (Å²) < 4.78 is 0. The Hall–Kier alpha value is -1.30. The first-order chi connectivity index (χ1) is 11.1. The average molecular weight is 322 g/mol. The van der Waals surface area contributed by atoms with Crippen LogP contribution in [0.15, 0.2) is 0 Å². The third-order valence-electron chi connectivity index (χ3n) is 5.63. The Balaban J connectivity index is 1.42. The number of amides is 3. The average Bonchev–Trinajstić information content (AvgIpc) is 3.02. The number of carbonyl (C=O) groups excluding carboxylic acids is 2. The third kappa shape index (κ3) is 4.16. The van der Waals surface area contributed by atoms with Crippen LogP contribution in [-0.2, 0) is 4.79 Å². The molecule has 0 bridgehead atoms. The molecule has 2 saturated carbocycles. The van der Waals surface area contributed by atoms with Crippen LogP contribution in [0.1, 0.15) is 51.4 Å². The summed E-state index contributed by atoms with van der Waals surface area (Å²) in [5.74, 6) is 0.345. The number of nitrogens with two attached hydrogens (primary N) is 1. The SMILES string of the molecule is NC1CCC(C(=O)N2CCN(C(=O)NC3CCCCC3)CC2)C1. The minimum atomic E-state index is 0.0480. The van der Waals surface area contributed by atoms with E-state index in [9.17, 15) is 9.59 Å². The number of hydrogen-bond acceptors (Lipinski definition) is 3. The summed E-state index contributed by atoms with van der Waals surface area (Å²) in [5.41, 5.74) is 5.91. The van der Waals surface area contributed by atoms with E-state index in [1.807, 2.05) is 9.80 Å². The molecule has 3 rings (SSSR count). The summed E-state index contributed by atoms with van der Waals surface area (Å²) in [7, 11) is 0. The lowest BCUT2D eigenvalue weighted by Crippen LogP contribution is -2.55. The maximum Gasteiger partial charge on any atom is 0.317 e. The second-order valence-electron chi connectivity index (χ2n) is 7.37. The lowest BCUT2D eigenvalue weighted by Gasteiger charge is -2.37. The van der Waals surface area contributed by atoms with Gasteiger partial charge in [-0.15, -0.1) is 0 Å². The molecule has 1 saturated heterocycles. The predicted octanol–water partition coefficient (Wildman–Crippen LogP) is 1.30. The van der Waals surface area contributed by atoms with Crippen LogP contribution in [0.25, 0.3) is 0 Å². The van der Waals surface area contributed by atoms with E-state index < -0.39 is 0 Å². The lowest BCUT2D eigenvalue weighted by molar-refractivity contribution is -0.136. The van der Waals surface area contributed by atoms with E-state index >= 15 is 0 Å². The molecule has 3 fully saturated rings. The van der Waals surface area contributed by atoms with Crippen LogP contribution in [0.2, 0.25) is 0 Å². The van der Waals surface area contributed by atoms with Gasteiger partial charge in [-0.05, 0) is 32.1 Å². The molecule has 3 N–H and O–H groups in total. The van der Waals surface area contributed by atoms with Crippen LogP contribution in [0, 0.1) is 5.92 Å². The van der Waals surface area contributed by atoms with Crippen molar-refractivity contribution in [1.29, 1.82) is 0 Å². The second kappa shape index (κ2) is 7.51. The van der Waals surface area contributed by atoms with E-state index in [2.05, 4.69) is 5.32 Å². The molecular formula is C17H30N4O2. The van der Waals surface area contributed by atoms with Crippen LogP contribution >= 0.6 is 0 Å². The minimum Gasteiger partial charge on any atom is -0.339 e. The van der Waals surface area contributed by atoms with Gasteiger partial charge < -0.3 is 20.9 Å². The Bertz CT molecular complexity index is 428. The Morgan fingerprint density at radius 2 is 1.52 bits per heavy atom. The van der Waals surface area contributed by atoms with Gasteiger partial charge in [0, 0.05) is 44.2 Å². The summed E-state index contributed by atoms with van der Waals surface area (Å²) in [4.78, 5) is 28.6. The highest BCUT2D eigenvalue weighted by molar-refractivity contribution is 5.80. The second-order valence-corrected chi connectivity index (χ2v) is 7.37. The van der Waals surface area contributed by atoms with Crippen molar-refractivity contribution in [1.82, 2.24) is 15.1 Å². The minimum absolute atomic E-state index is 0.0480. The third-order valence-corrected chi connectivity index (χ3v) is 5.63. The van der Waals surface area contributed by atoms with E-state index in [-0.39, 0.29) is 23.9 Å². The first-order valence-corrected chi connectivity index (χ1v) is 9.23. The van der Waals surface area contributed by atoms with Crippen molar-refractivity contribution in [3.05, 3.63) is 0 Å². The Morgan fingerprint density at radius 1 is 0.870 bits per heavy atom. The zero-order chi connectivity index (χ0) is 16.2. The number of hydrogen-bond donors (Lipinski definition) is 2. The number of nitrogens with one attached hydrogen (secondary N) is 1. The molecule has 1 heterocycles. The standard InChI is InChI=1S/C17H30N4O2/c18-14-7-6-13(12-14)16(22)20-8-10-21(11-9-20)17(23)19-15-4-2-1-3-5-15/h13-15H,1-12,18H2,(H,19,23). The fourth-order valence-electron chi connectivity index (χ4n) is 4.14. The molecule has 2 unspecified atom stereocenters. The highest BCUT2D eigenvalue weighted by Crippen LogP contribution is 2.26. The van der Waals surface area contributed by atoms with E-state index in [4.69, 9.17) is 5.73 Å². The molecule has 0 radical (unpaired) electrons. The maximum absolute atomic E-state index is 12.5. The van der Waals surface area contributed by atoms with Gasteiger partial charge in [-0.2, -0.15) is 0 Å². The molecular weight excluding hydrogens is 292 g/mol. The summed E-state index contributed by atoms with van der Waals surface area (Å²) in [6.45, 7) is 2.59. The molecule has 0 aromatic rings. The van der Waals surface area contributed by atoms with Gasteiger partial charge >= 0.3 is 6.03 Å². The normalized spacial score (nSPS) is 29.6. The van der Waals surface area contributed by atoms with Crippen molar-refractivity contribution >= 4 is 11.9 Å². The summed E-state index contributed by atoms with van der Waals surface area (Å²) >= 11 is 0. The van der Waals surface area contributed by atoms with E-state index in [0.717, 1.165) is 32.1 Å². The first-order valence-electron chi connectivity index (χ1n) is 9.23. The fraction of sp³-hybridized carbons (Fsp3) is 0.882. The molecule has 3 aliphatic rings. The highest BCUT2D eigenvalue weighted by atomic mass is 16.2. The van der Waals surface area contributed by atoms with E-state index in [1.165, 1.54) is 19.3 Å². The van der Waals surface area contributed by atoms with E-state index in [1.54, 1.807) is 0 Å². The van der Waals surface area contributed by atoms with E-state index in [0.29, 0.717) is 32.2 Å². The van der Waals surface area contributed by atoms with Crippen molar-refractivity contribution in [2.45, 2.75) is 63.5 Å². The van der Waals surface area contributed by atoms with Gasteiger partial charge in [-0.3, -0.25) is 4.79 Å². The molecule has 0 spiro atoms. The smallest absolute Gasteiger partial charge is 0.317 e. The Morgan fingerprint density at radius 3 is 2.13 bits per heavy atom. The van der Waals surface area contributed by atoms with Crippen molar-refractivity contribution in [3.8, 4) is 0 Å². The van der Waals surface area contributed by atoms with Gasteiger partial charge in [0.2, 0.25) is 5.91 Å². The molecule has 1 aliphatic heterocycles. The van der Waals surface area contributed by atoms with Gasteiger partial charge in [0.05, 0.1) is 0 Å². The number of piperazine rings is 1. The van der Waals surface area contributed by atoms with Crippen LogP contribution < -0.4 is 11.1 Å². The van der Waals surface area contributed by atoms with Crippen LogP contribution in [0.3, 0.4) is 0 Å². The molecule has 0 aromatic carbocycles. The molecule has 130 valence electrons. The Kier molecular flexibility index (Phi) is 5.41. The Labute approximate surface area is 138 Å². The van der Waals surface area contributed by atoms with Gasteiger partial charge in [-0.25, -0.2) is 4.79 Å². The zero-order valence-electron chi connectivity index (χ0n) is 14.0. The fourth-order valence-corrected chi connectivity index (χ4v) is 4.14. The molecule has 6 nitrogen and oxygen atoms in total. The molecule has 2 aliphatic carbocycles. The molecule has 2 atom stereocenters. The first kappa shape index (κ1) is 16.6. The zero-order valence-corrected chi connectivity index (χ0v) is 14.0. The monoisotopic (exact) mass is 322 g/mol. The topological polar surface area (TPSA) is 78.7 Å². The predicted molar refractivity (Wildman–Crippen MR) is 88.9 cm³/mol. The molecule has 0 aromatic heterocycles. The molecule has 23 heavy (non-hydrogen) atoms. The van der Waals surface area contributed by atoms with Crippen LogP contribution in [0.4, 0.5) is 4.79 Å². The van der Waals surface area contributed by atoms with Crippen molar-refractivity contribution in [2.24, 2.45) is 11.7 Å². The van der Waals surface area contributed by atoms with Gasteiger partial charge in [0.1, 0.15) is 0 Å².